The van der Waals surface area contributed by atoms with Crippen LogP contribution in [0.1, 0.15) is 76.2 Å². The van der Waals surface area contributed by atoms with Gasteiger partial charge in [0.1, 0.15) is 5.60 Å². The standard InChI is InChI=1S/C29H42N6O6/c1-19(2)16-35(26(36)25-30-22-11-7-8-12-23(22)34(25)13-9-10-14-39-6)21-15-20(24-31-27(37)41-32-24)17-33(18-21)28(38)40-29(3,4)5/h7-8,11-12,19-21H,9-10,13-18H2,1-6H3,(H,31,32,37)/t20-,21+/m1/s1. The molecule has 2 amide bonds. The molecule has 0 aliphatic carbocycles. The van der Waals surface area contributed by atoms with Crippen LogP contribution in [0.4, 0.5) is 4.79 Å². The van der Waals surface area contributed by atoms with E-state index in [0.29, 0.717) is 37.8 Å². The van der Waals surface area contributed by atoms with E-state index in [1.54, 1.807) is 12.0 Å². The van der Waals surface area contributed by atoms with E-state index >= 15 is 0 Å². The number of fused-ring (bicyclic) bond motifs is 1. The number of aromatic amines is 1. The van der Waals surface area contributed by atoms with Crippen LogP contribution in [0.2, 0.25) is 0 Å². The molecule has 1 saturated heterocycles. The van der Waals surface area contributed by atoms with Crippen molar-refractivity contribution in [2.75, 3.05) is 33.4 Å². The van der Waals surface area contributed by atoms with Crippen LogP contribution < -0.4 is 5.76 Å². The lowest BCUT2D eigenvalue weighted by Crippen LogP contribution is -2.55. The average molecular weight is 571 g/mol. The number of hydrogen-bond donors (Lipinski definition) is 1. The molecule has 3 heterocycles. The van der Waals surface area contributed by atoms with Gasteiger partial charge in [0, 0.05) is 45.8 Å². The molecule has 1 aliphatic heterocycles. The maximum Gasteiger partial charge on any atom is 0.438 e. The Kier molecular flexibility index (Phi) is 9.52. The van der Waals surface area contributed by atoms with Gasteiger partial charge in [0.15, 0.2) is 11.6 Å². The highest BCUT2D eigenvalue weighted by Gasteiger charge is 2.40. The number of nitrogens with zero attached hydrogens (tertiary/aromatic N) is 5. The molecule has 1 N–H and O–H groups in total. The van der Waals surface area contributed by atoms with Gasteiger partial charge in [-0.1, -0.05) is 31.1 Å². The Morgan fingerprint density at radius 3 is 2.61 bits per heavy atom. The molecular formula is C29H42N6O6. The number of para-hydroxylation sites is 2. The van der Waals surface area contributed by atoms with Crippen molar-refractivity contribution in [3.63, 3.8) is 0 Å². The van der Waals surface area contributed by atoms with E-state index in [0.717, 1.165) is 23.9 Å². The van der Waals surface area contributed by atoms with Crippen LogP contribution in [0, 0.1) is 5.92 Å². The zero-order valence-electron chi connectivity index (χ0n) is 24.9. The average Bonchev–Trinajstić information content (AvgIpc) is 3.52. The summed E-state index contributed by atoms with van der Waals surface area (Å²) in [6, 6.07) is 7.36. The minimum atomic E-state index is -0.692. The number of unbranched alkanes of at least 4 members (excludes halogenated alkanes) is 1. The summed E-state index contributed by atoms with van der Waals surface area (Å²) in [6.07, 6.45) is 1.68. The Morgan fingerprint density at radius 1 is 1.20 bits per heavy atom. The lowest BCUT2D eigenvalue weighted by atomic mass is 9.92. The summed E-state index contributed by atoms with van der Waals surface area (Å²) in [5.74, 6) is -0.363. The van der Waals surface area contributed by atoms with Crippen molar-refractivity contribution in [1.82, 2.24) is 29.5 Å². The van der Waals surface area contributed by atoms with Gasteiger partial charge in [0.2, 0.25) is 0 Å². The van der Waals surface area contributed by atoms with E-state index in [4.69, 9.17) is 19.0 Å². The zero-order chi connectivity index (χ0) is 29.7. The summed E-state index contributed by atoms with van der Waals surface area (Å²) in [5.41, 5.74) is 0.960. The maximum atomic E-state index is 14.4. The quantitative estimate of drug-likeness (QED) is 0.361. The number of amides is 2. The molecule has 0 saturated carbocycles. The minimum absolute atomic E-state index is 0.153. The van der Waals surface area contributed by atoms with E-state index < -0.39 is 17.5 Å². The largest absolute Gasteiger partial charge is 0.444 e. The first kappa shape index (κ1) is 30.3. The maximum absolute atomic E-state index is 14.4. The van der Waals surface area contributed by atoms with Gasteiger partial charge in [-0.15, -0.1) is 0 Å². The number of hydrogen-bond acceptors (Lipinski definition) is 8. The Bertz CT molecular complexity index is 1390. The van der Waals surface area contributed by atoms with Crippen molar-refractivity contribution in [2.45, 2.75) is 78.0 Å². The third-order valence-electron chi connectivity index (χ3n) is 7.01. The molecule has 1 fully saturated rings. The normalized spacial score (nSPS) is 17.8. The van der Waals surface area contributed by atoms with Crippen LogP contribution in [0.15, 0.2) is 33.6 Å². The molecule has 41 heavy (non-hydrogen) atoms. The molecule has 12 heteroatoms. The van der Waals surface area contributed by atoms with E-state index in [1.165, 1.54) is 0 Å². The summed E-state index contributed by atoms with van der Waals surface area (Å²) < 4.78 is 17.7. The number of imidazole rings is 1. The van der Waals surface area contributed by atoms with E-state index in [9.17, 15) is 14.4 Å². The lowest BCUT2D eigenvalue weighted by molar-refractivity contribution is 0.00569. The molecule has 0 unspecified atom stereocenters. The van der Waals surface area contributed by atoms with Crippen LogP contribution >= 0.6 is 0 Å². The van der Waals surface area contributed by atoms with Crippen LogP contribution in [-0.4, -0.2) is 86.5 Å². The first-order chi connectivity index (χ1) is 19.5. The molecule has 3 aromatic rings. The monoisotopic (exact) mass is 570 g/mol. The molecule has 0 radical (unpaired) electrons. The molecule has 1 aliphatic rings. The SMILES string of the molecule is COCCCCn1c(C(=O)N(CC(C)C)[C@H]2C[C@@H](c3noc(=O)[nH]3)CN(C(=O)OC(C)(C)C)C2)nc2ccccc21. The highest BCUT2D eigenvalue weighted by Crippen LogP contribution is 2.30. The van der Waals surface area contributed by atoms with Gasteiger partial charge in [-0.3, -0.25) is 14.3 Å². The summed E-state index contributed by atoms with van der Waals surface area (Å²) >= 11 is 0. The van der Waals surface area contributed by atoms with Gasteiger partial charge in [0.05, 0.1) is 17.1 Å². The molecule has 2 aromatic heterocycles. The number of piperidine rings is 1. The fourth-order valence-corrected chi connectivity index (χ4v) is 5.29. The number of ether oxygens (including phenoxy) is 2. The summed E-state index contributed by atoms with van der Waals surface area (Å²) in [5, 5.41) is 3.91. The van der Waals surface area contributed by atoms with Crippen molar-refractivity contribution in [2.24, 2.45) is 5.92 Å². The second-order valence-corrected chi connectivity index (χ2v) is 12.1. The predicted molar refractivity (Wildman–Crippen MR) is 153 cm³/mol. The van der Waals surface area contributed by atoms with Crippen LogP contribution in [0.25, 0.3) is 11.0 Å². The fourth-order valence-electron chi connectivity index (χ4n) is 5.29. The first-order valence-corrected chi connectivity index (χ1v) is 14.3. The van der Waals surface area contributed by atoms with Gasteiger partial charge in [-0.2, -0.15) is 0 Å². The number of rotatable bonds is 10. The Hall–Kier alpha value is -3.67. The van der Waals surface area contributed by atoms with Gasteiger partial charge < -0.3 is 23.8 Å². The lowest BCUT2D eigenvalue weighted by Gasteiger charge is -2.42. The van der Waals surface area contributed by atoms with E-state index in [1.807, 2.05) is 54.5 Å². The highest BCUT2D eigenvalue weighted by molar-refractivity contribution is 5.95. The zero-order valence-corrected chi connectivity index (χ0v) is 24.9. The number of carbonyl (C=O) groups is 2. The van der Waals surface area contributed by atoms with Crippen LogP contribution in [-0.2, 0) is 16.0 Å². The van der Waals surface area contributed by atoms with Crippen LogP contribution in [0.3, 0.4) is 0 Å². The molecule has 4 rings (SSSR count). The van der Waals surface area contributed by atoms with Crippen molar-refractivity contribution in [1.29, 1.82) is 0 Å². The number of aromatic nitrogens is 4. The third kappa shape index (κ3) is 7.55. The second-order valence-electron chi connectivity index (χ2n) is 12.1. The van der Waals surface area contributed by atoms with E-state index in [2.05, 4.69) is 24.0 Å². The van der Waals surface area contributed by atoms with Crippen molar-refractivity contribution < 1.29 is 23.6 Å². The smallest absolute Gasteiger partial charge is 0.438 e. The number of nitrogens with one attached hydrogen (secondary N) is 1. The Labute approximate surface area is 240 Å². The molecule has 1 aromatic carbocycles. The predicted octanol–water partition coefficient (Wildman–Crippen LogP) is 4.03. The molecule has 0 spiro atoms. The van der Waals surface area contributed by atoms with Gasteiger partial charge >= 0.3 is 11.8 Å². The number of methoxy groups -OCH3 is 1. The third-order valence-corrected chi connectivity index (χ3v) is 7.01. The Morgan fingerprint density at radius 2 is 1.95 bits per heavy atom. The van der Waals surface area contributed by atoms with Gasteiger partial charge in [-0.05, 0) is 58.1 Å². The molecular weight excluding hydrogens is 528 g/mol. The van der Waals surface area contributed by atoms with E-state index in [-0.39, 0.29) is 36.9 Å². The van der Waals surface area contributed by atoms with Crippen LogP contribution in [0.5, 0.6) is 0 Å². The van der Waals surface area contributed by atoms with Gasteiger partial charge in [0.25, 0.3) is 5.91 Å². The van der Waals surface area contributed by atoms with Crippen molar-refractivity contribution in [3.05, 3.63) is 46.5 Å². The minimum Gasteiger partial charge on any atom is -0.444 e. The topological polar surface area (TPSA) is 136 Å². The summed E-state index contributed by atoms with van der Waals surface area (Å²) in [6.45, 7) is 11.8. The fraction of sp³-hybridized carbons (Fsp3) is 0.621. The number of benzene rings is 1. The van der Waals surface area contributed by atoms with Crippen molar-refractivity contribution in [3.8, 4) is 0 Å². The number of carbonyl (C=O) groups excluding carboxylic acids is 2. The first-order valence-electron chi connectivity index (χ1n) is 14.3. The second kappa shape index (κ2) is 12.9. The highest BCUT2D eigenvalue weighted by atomic mass is 16.6. The number of aryl methyl sites for hydroxylation is 1. The molecule has 2 atom stereocenters. The number of H-pyrrole nitrogens is 1. The summed E-state index contributed by atoms with van der Waals surface area (Å²) in [4.78, 5) is 50.2. The molecule has 224 valence electrons. The molecule has 0 bridgehead atoms. The number of likely N-dealkylation sites (tertiary alicyclic amines) is 1. The summed E-state index contributed by atoms with van der Waals surface area (Å²) in [7, 11) is 1.68. The van der Waals surface area contributed by atoms with Crippen molar-refractivity contribution >= 4 is 23.0 Å². The van der Waals surface area contributed by atoms with Gasteiger partial charge in [-0.25, -0.2) is 14.6 Å². The molecule has 12 nitrogen and oxygen atoms in total. The Balaban J connectivity index is 1.70.